The highest BCUT2D eigenvalue weighted by atomic mass is 19.4. The molecule has 0 aliphatic heterocycles. The van der Waals surface area contributed by atoms with Crippen molar-refractivity contribution < 1.29 is 27.4 Å². The summed E-state index contributed by atoms with van der Waals surface area (Å²) in [6.07, 6.45) is -6.44. The summed E-state index contributed by atoms with van der Waals surface area (Å²) >= 11 is 0. The molecule has 0 unspecified atom stereocenters. The molecule has 0 heterocycles. The van der Waals surface area contributed by atoms with E-state index in [9.17, 15) is 18.0 Å². The Kier molecular flexibility index (Phi) is 6.60. The molecule has 1 amide bonds. The maximum Gasteiger partial charge on any atom is 0.390 e. The number of carbonyl (C=O) groups is 1. The molecule has 0 saturated carbocycles. The quantitative estimate of drug-likeness (QED) is 0.392. The molecule has 2 aromatic rings. The van der Waals surface area contributed by atoms with Crippen LogP contribution in [-0.2, 0) is 10.3 Å². The summed E-state index contributed by atoms with van der Waals surface area (Å²) in [6.45, 7) is 1.54. The number of amides is 1. The molecular formula is C19H19F3N4O3. The van der Waals surface area contributed by atoms with Crippen LogP contribution in [0.15, 0.2) is 47.6 Å². The van der Waals surface area contributed by atoms with Gasteiger partial charge in [-0.3, -0.25) is 4.79 Å². The fraction of sp³-hybridized carbons (Fsp3) is 0.316. The van der Waals surface area contributed by atoms with Crippen LogP contribution < -0.4 is 14.8 Å². The van der Waals surface area contributed by atoms with Gasteiger partial charge in [0.2, 0.25) is 5.91 Å². The first kappa shape index (κ1) is 21.9. The molecule has 0 aliphatic rings. The average molecular weight is 408 g/mol. The first-order chi connectivity index (χ1) is 13.6. The Hall–Kier alpha value is -3.39. The Labute approximate surface area is 165 Å². The van der Waals surface area contributed by atoms with E-state index < -0.39 is 24.0 Å². The molecule has 0 aromatic heterocycles. The van der Waals surface area contributed by atoms with Gasteiger partial charge in [-0.1, -0.05) is 29.4 Å². The molecule has 0 saturated heterocycles. The molecule has 2 rings (SSSR count). The van der Waals surface area contributed by atoms with Crippen LogP contribution in [0.5, 0.6) is 11.5 Å². The second kappa shape index (κ2) is 8.74. The minimum Gasteiger partial charge on any atom is -0.497 e. The van der Waals surface area contributed by atoms with E-state index in [4.69, 9.17) is 15.0 Å². The number of rotatable bonds is 7. The molecule has 29 heavy (non-hydrogen) atoms. The third-order valence-corrected chi connectivity index (χ3v) is 4.25. The van der Waals surface area contributed by atoms with Gasteiger partial charge < -0.3 is 14.8 Å². The van der Waals surface area contributed by atoms with Crippen molar-refractivity contribution in [1.82, 2.24) is 0 Å². The summed E-state index contributed by atoms with van der Waals surface area (Å²) in [4.78, 5) is 15.7. The van der Waals surface area contributed by atoms with Gasteiger partial charge >= 0.3 is 6.18 Å². The van der Waals surface area contributed by atoms with Gasteiger partial charge in [-0.15, -0.1) is 0 Å². The van der Waals surface area contributed by atoms with E-state index >= 15 is 0 Å². The van der Waals surface area contributed by atoms with E-state index in [0.29, 0.717) is 17.1 Å². The van der Waals surface area contributed by atoms with Crippen LogP contribution in [0.1, 0.15) is 17.5 Å². The molecule has 0 aliphatic carbocycles. The SMILES string of the molecule is COc1cc(NC(=O)[C@](CC(F)(F)F)(N=[N+]=[N-])c2ccccc2C)cc(OC)c1. The van der Waals surface area contributed by atoms with Crippen LogP contribution in [0.25, 0.3) is 10.4 Å². The van der Waals surface area contributed by atoms with Gasteiger partial charge in [0.1, 0.15) is 11.5 Å². The predicted octanol–water partition coefficient (Wildman–Crippen LogP) is 5.11. The van der Waals surface area contributed by atoms with Gasteiger partial charge in [0, 0.05) is 28.8 Å². The molecule has 0 bridgehead atoms. The Bertz CT molecular complexity index is 920. The number of hydrogen-bond donors (Lipinski definition) is 1. The number of aryl methyl sites for hydroxylation is 1. The summed E-state index contributed by atoms with van der Waals surface area (Å²) in [5.74, 6) is -0.487. The molecule has 0 radical (unpaired) electrons. The van der Waals surface area contributed by atoms with E-state index in [-0.39, 0.29) is 11.3 Å². The zero-order chi connectivity index (χ0) is 21.7. The second-order valence-electron chi connectivity index (χ2n) is 6.21. The number of azide groups is 1. The van der Waals surface area contributed by atoms with Crippen LogP contribution in [0.4, 0.5) is 18.9 Å². The standard InChI is InChI=1S/C19H19F3N4O3/c1-12-6-4-5-7-16(12)18(25-26-23,11-19(20,21)22)17(27)24-13-8-14(28-2)10-15(9-13)29-3/h4-10H,11H2,1-3H3,(H,24,27)/t18-/m1/s1. The number of hydrogen-bond acceptors (Lipinski definition) is 4. The van der Waals surface area contributed by atoms with E-state index in [1.165, 1.54) is 57.5 Å². The highest BCUT2D eigenvalue weighted by Gasteiger charge is 2.49. The van der Waals surface area contributed by atoms with Crippen LogP contribution in [0.3, 0.4) is 0 Å². The normalized spacial score (nSPS) is 13.0. The van der Waals surface area contributed by atoms with Gasteiger partial charge in [-0.25, -0.2) is 0 Å². The van der Waals surface area contributed by atoms with Crippen LogP contribution >= 0.6 is 0 Å². The largest absolute Gasteiger partial charge is 0.497 e. The minimum absolute atomic E-state index is 0.0394. The van der Waals surface area contributed by atoms with Crippen LogP contribution in [0.2, 0.25) is 0 Å². The summed E-state index contributed by atoms with van der Waals surface area (Å²) in [7, 11) is 2.78. The van der Waals surface area contributed by atoms with Gasteiger partial charge in [0.05, 0.1) is 20.6 Å². The molecule has 0 spiro atoms. The molecule has 1 atom stereocenters. The average Bonchev–Trinajstić information content (AvgIpc) is 2.66. The number of halogens is 3. The lowest BCUT2D eigenvalue weighted by Crippen LogP contribution is -2.42. The van der Waals surface area contributed by atoms with Crippen LogP contribution in [0, 0.1) is 6.92 Å². The van der Waals surface area contributed by atoms with Crippen molar-refractivity contribution >= 4 is 11.6 Å². The maximum absolute atomic E-state index is 13.4. The number of ether oxygens (including phenoxy) is 2. The highest BCUT2D eigenvalue weighted by molar-refractivity contribution is 5.99. The van der Waals surface area contributed by atoms with E-state index in [1.807, 2.05) is 0 Å². The number of anilines is 1. The molecular weight excluding hydrogens is 389 g/mol. The Morgan fingerprint density at radius 2 is 1.72 bits per heavy atom. The number of benzene rings is 2. The minimum atomic E-state index is -4.78. The van der Waals surface area contributed by atoms with Crippen LogP contribution in [-0.4, -0.2) is 26.3 Å². The summed E-state index contributed by atoms with van der Waals surface area (Å²) in [5.41, 5.74) is 6.93. The number of methoxy groups -OCH3 is 2. The first-order valence-corrected chi connectivity index (χ1v) is 8.39. The molecule has 10 heteroatoms. The molecule has 1 N–H and O–H groups in total. The van der Waals surface area contributed by atoms with Gasteiger partial charge in [-0.05, 0) is 23.6 Å². The number of alkyl halides is 3. The predicted molar refractivity (Wildman–Crippen MR) is 101 cm³/mol. The van der Waals surface area contributed by atoms with E-state index in [0.717, 1.165) is 0 Å². The lowest BCUT2D eigenvalue weighted by Gasteiger charge is -2.30. The zero-order valence-electron chi connectivity index (χ0n) is 15.9. The summed E-state index contributed by atoms with van der Waals surface area (Å²) < 4.78 is 50.5. The number of nitrogens with zero attached hydrogens (tertiary/aromatic N) is 3. The highest BCUT2D eigenvalue weighted by Crippen LogP contribution is 2.41. The van der Waals surface area contributed by atoms with Crippen molar-refractivity contribution in [3.8, 4) is 11.5 Å². The van der Waals surface area contributed by atoms with Crippen molar-refractivity contribution in [3.05, 3.63) is 64.0 Å². The Morgan fingerprint density at radius 3 is 2.21 bits per heavy atom. The van der Waals surface area contributed by atoms with E-state index in [1.54, 1.807) is 6.07 Å². The summed E-state index contributed by atoms with van der Waals surface area (Å²) in [5, 5.41) is 5.74. The Balaban J connectivity index is 2.61. The topological polar surface area (TPSA) is 96.3 Å². The third kappa shape index (κ3) is 5.11. The van der Waals surface area contributed by atoms with Gasteiger partial charge in [-0.2, -0.15) is 13.2 Å². The van der Waals surface area contributed by atoms with Crippen molar-refractivity contribution in [2.75, 3.05) is 19.5 Å². The van der Waals surface area contributed by atoms with Crippen molar-refractivity contribution in [2.45, 2.75) is 25.1 Å². The number of carbonyl (C=O) groups excluding carboxylic acids is 1. The first-order valence-electron chi connectivity index (χ1n) is 8.39. The summed E-state index contributed by atoms with van der Waals surface area (Å²) in [6, 6.07) is 10.3. The lowest BCUT2D eigenvalue weighted by atomic mass is 9.83. The molecule has 154 valence electrons. The fourth-order valence-corrected chi connectivity index (χ4v) is 2.95. The lowest BCUT2D eigenvalue weighted by molar-refractivity contribution is -0.156. The Morgan fingerprint density at radius 1 is 1.14 bits per heavy atom. The van der Waals surface area contributed by atoms with Gasteiger partial charge in [0.15, 0.2) is 5.54 Å². The third-order valence-electron chi connectivity index (χ3n) is 4.25. The second-order valence-corrected chi connectivity index (χ2v) is 6.21. The smallest absolute Gasteiger partial charge is 0.390 e. The molecule has 7 nitrogen and oxygen atoms in total. The van der Waals surface area contributed by atoms with Crippen molar-refractivity contribution in [2.24, 2.45) is 5.11 Å². The van der Waals surface area contributed by atoms with Crippen molar-refractivity contribution in [3.63, 3.8) is 0 Å². The molecule has 0 fully saturated rings. The molecule has 2 aromatic carbocycles. The fourth-order valence-electron chi connectivity index (χ4n) is 2.95. The van der Waals surface area contributed by atoms with Gasteiger partial charge in [0.25, 0.3) is 0 Å². The zero-order valence-corrected chi connectivity index (χ0v) is 15.9. The monoisotopic (exact) mass is 408 g/mol. The van der Waals surface area contributed by atoms with E-state index in [2.05, 4.69) is 15.3 Å². The maximum atomic E-state index is 13.4. The number of nitrogens with one attached hydrogen (secondary N) is 1. The van der Waals surface area contributed by atoms with Crippen molar-refractivity contribution in [1.29, 1.82) is 0 Å².